The van der Waals surface area contributed by atoms with E-state index in [9.17, 15) is 0 Å². The van der Waals surface area contributed by atoms with Gasteiger partial charge in [-0.2, -0.15) is 5.10 Å². The highest BCUT2D eigenvalue weighted by Gasteiger charge is 2.24. The van der Waals surface area contributed by atoms with Gasteiger partial charge in [-0.1, -0.05) is 13.8 Å². The van der Waals surface area contributed by atoms with Crippen LogP contribution in [0.1, 0.15) is 49.7 Å². The summed E-state index contributed by atoms with van der Waals surface area (Å²) in [6, 6.07) is 4.10. The molecule has 0 aliphatic carbocycles. The van der Waals surface area contributed by atoms with E-state index < -0.39 is 0 Å². The molecular formula is C18H28N4O2. The number of hydrogen-bond acceptors (Lipinski definition) is 5. The third kappa shape index (κ3) is 3.49. The Hall–Kier alpha value is -1.79. The van der Waals surface area contributed by atoms with E-state index in [2.05, 4.69) is 31.0 Å². The molecule has 1 fully saturated rings. The molecule has 2 aromatic heterocycles. The highest BCUT2D eigenvalue weighted by atomic mass is 16.5. The van der Waals surface area contributed by atoms with Crippen LogP contribution in [-0.4, -0.2) is 36.1 Å². The highest BCUT2D eigenvalue weighted by Crippen LogP contribution is 2.29. The van der Waals surface area contributed by atoms with Crippen LogP contribution in [0.15, 0.2) is 22.8 Å². The number of morpholine rings is 1. The fraction of sp³-hybridized carbons (Fsp3) is 0.611. The number of furan rings is 1. The number of aryl methyl sites for hydroxylation is 1. The van der Waals surface area contributed by atoms with Crippen molar-refractivity contribution in [2.24, 2.45) is 7.05 Å². The lowest BCUT2D eigenvalue weighted by Crippen LogP contribution is -2.38. The van der Waals surface area contributed by atoms with Crippen LogP contribution in [0, 0.1) is 0 Å². The fourth-order valence-electron chi connectivity index (χ4n) is 3.28. The van der Waals surface area contributed by atoms with Crippen molar-refractivity contribution in [1.82, 2.24) is 15.1 Å². The minimum atomic E-state index is 0.165. The Morgan fingerprint density at radius 3 is 2.62 bits per heavy atom. The first-order chi connectivity index (χ1) is 11.6. The second kappa shape index (κ2) is 7.40. The monoisotopic (exact) mass is 332 g/mol. The number of rotatable bonds is 6. The first-order valence-electron chi connectivity index (χ1n) is 8.73. The molecule has 3 heterocycles. The molecule has 0 spiro atoms. The molecule has 0 unspecified atom stereocenters. The summed E-state index contributed by atoms with van der Waals surface area (Å²) in [6.07, 6.45) is 1.72. The molecule has 1 aliphatic rings. The van der Waals surface area contributed by atoms with Gasteiger partial charge < -0.3 is 19.4 Å². The zero-order chi connectivity index (χ0) is 17.1. The van der Waals surface area contributed by atoms with Crippen molar-refractivity contribution >= 4 is 5.82 Å². The van der Waals surface area contributed by atoms with Crippen LogP contribution in [0.4, 0.5) is 5.82 Å². The summed E-state index contributed by atoms with van der Waals surface area (Å²) in [4.78, 5) is 2.39. The van der Waals surface area contributed by atoms with E-state index in [1.807, 2.05) is 23.9 Å². The molecule has 1 saturated heterocycles. The van der Waals surface area contributed by atoms with Crippen LogP contribution < -0.4 is 10.2 Å². The van der Waals surface area contributed by atoms with Crippen molar-refractivity contribution in [3.63, 3.8) is 0 Å². The number of nitrogens with one attached hydrogen (secondary N) is 1. The smallest absolute Gasteiger partial charge is 0.131 e. The summed E-state index contributed by atoms with van der Waals surface area (Å²) >= 11 is 0. The standard InChI is InChI=1S/C18H28N4O2/c1-13(2)17-15(12-19-14(3)16-6-5-9-24-16)18(21(4)20-17)22-7-10-23-11-8-22/h5-6,9,13-14,19H,7-8,10-12H2,1-4H3/t14-/m1/s1. The van der Waals surface area contributed by atoms with E-state index >= 15 is 0 Å². The van der Waals surface area contributed by atoms with E-state index in [1.54, 1.807) is 6.26 Å². The number of hydrogen-bond donors (Lipinski definition) is 1. The molecule has 0 amide bonds. The maximum absolute atomic E-state index is 5.50. The number of nitrogens with zero attached hydrogens (tertiary/aromatic N) is 3. The number of aromatic nitrogens is 2. The van der Waals surface area contributed by atoms with Gasteiger partial charge in [0.05, 0.1) is 31.2 Å². The Morgan fingerprint density at radius 2 is 2.00 bits per heavy atom. The van der Waals surface area contributed by atoms with Crippen molar-refractivity contribution in [2.45, 2.75) is 39.3 Å². The molecule has 0 aromatic carbocycles. The normalized spacial score (nSPS) is 16.8. The Kier molecular flexibility index (Phi) is 5.26. The predicted octanol–water partition coefficient (Wildman–Crippen LogP) is 2.82. The summed E-state index contributed by atoms with van der Waals surface area (Å²) in [5.41, 5.74) is 2.45. The molecule has 0 radical (unpaired) electrons. The van der Waals surface area contributed by atoms with E-state index in [-0.39, 0.29) is 6.04 Å². The Labute approximate surface area is 143 Å². The van der Waals surface area contributed by atoms with Gasteiger partial charge in [0, 0.05) is 32.2 Å². The lowest BCUT2D eigenvalue weighted by molar-refractivity contribution is 0.122. The maximum atomic E-state index is 5.50. The van der Waals surface area contributed by atoms with E-state index in [0.717, 1.165) is 44.3 Å². The van der Waals surface area contributed by atoms with Crippen LogP contribution >= 0.6 is 0 Å². The SMILES string of the molecule is CC(C)c1nn(C)c(N2CCOCC2)c1CN[C@H](C)c1ccco1. The third-order valence-corrected chi connectivity index (χ3v) is 4.56. The highest BCUT2D eigenvalue weighted by molar-refractivity contribution is 5.51. The molecule has 0 saturated carbocycles. The van der Waals surface area contributed by atoms with Gasteiger partial charge in [0.25, 0.3) is 0 Å². The lowest BCUT2D eigenvalue weighted by Gasteiger charge is -2.30. The van der Waals surface area contributed by atoms with Crippen molar-refractivity contribution in [2.75, 3.05) is 31.2 Å². The first-order valence-corrected chi connectivity index (χ1v) is 8.73. The fourth-order valence-corrected chi connectivity index (χ4v) is 3.28. The molecule has 1 atom stereocenters. The zero-order valence-electron chi connectivity index (χ0n) is 15.1. The Bertz CT molecular complexity index is 642. The van der Waals surface area contributed by atoms with Gasteiger partial charge in [-0.3, -0.25) is 4.68 Å². The summed E-state index contributed by atoms with van der Waals surface area (Å²) in [7, 11) is 2.04. The van der Waals surface area contributed by atoms with Gasteiger partial charge in [0.15, 0.2) is 0 Å². The Balaban J connectivity index is 1.83. The van der Waals surface area contributed by atoms with Crippen LogP contribution in [0.5, 0.6) is 0 Å². The molecule has 0 bridgehead atoms. The van der Waals surface area contributed by atoms with Crippen LogP contribution in [-0.2, 0) is 18.3 Å². The topological polar surface area (TPSA) is 55.5 Å². The number of ether oxygens (including phenoxy) is 1. The third-order valence-electron chi connectivity index (χ3n) is 4.56. The molecule has 6 heteroatoms. The van der Waals surface area contributed by atoms with Crippen molar-refractivity contribution in [3.8, 4) is 0 Å². The molecular weight excluding hydrogens is 304 g/mol. The largest absolute Gasteiger partial charge is 0.468 e. The molecule has 24 heavy (non-hydrogen) atoms. The number of anilines is 1. The van der Waals surface area contributed by atoms with Gasteiger partial charge in [-0.25, -0.2) is 0 Å². The average Bonchev–Trinajstić information content (AvgIpc) is 3.21. The van der Waals surface area contributed by atoms with E-state index in [0.29, 0.717) is 5.92 Å². The Morgan fingerprint density at radius 1 is 1.25 bits per heavy atom. The predicted molar refractivity (Wildman–Crippen MR) is 94.3 cm³/mol. The van der Waals surface area contributed by atoms with Crippen LogP contribution in [0.25, 0.3) is 0 Å². The lowest BCUT2D eigenvalue weighted by atomic mass is 10.0. The minimum Gasteiger partial charge on any atom is -0.468 e. The first kappa shape index (κ1) is 17.0. The van der Waals surface area contributed by atoms with Crippen LogP contribution in [0.3, 0.4) is 0 Å². The zero-order valence-corrected chi connectivity index (χ0v) is 15.1. The van der Waals surface area contributed by atoms with Gasteiger partial charge in [-0.05, 0) is 25.0 Å². The summed E-state index contributed by atoms with van der Waals surface area (Å²) in [5.74, 6) is 2.56. The van der Waals surface area contributed by atoms with Crippen molar-refractivity contribution in [3.05, 3.63) is 35.4 Å². The van der Waals surface area contributed by atoms with Gasteiger partial charge >= 0.3 is 0 Å². The summed E-state index contributed by atoms with van der Waals surface area (Å²) in [5, 5.41) is 8.38. The van der Waals surface area contributed by atoms with Gasteiger partial charge in [0.2, 0.25) is 0 Å². The van der Waals surface area contributed by atoms with Crippen LogP contribution in [0.2, 0.25) is 0 Å². The minimum absolute atomic E-state index is 0.165. The van der Waals surface area contributed by atoms with Gasteiger partial charge in [-0.15, -0.1) is 0 Å². The quantitative estimate of drug-likeness (QED) is 0.881. The molecule has 132 valence electrons. The van der Waals surface area contributed by atoms with E-state index in [1.165, 1.54) is 11.4 Å². The maximum Gasteiger partial charge on any atom is 0.131 e. The molecule has 6 nitrogen and oxygen atoms in total. The van der Waals surface area contributed by atoms with Crippen molar-refractivity contribution in [1.29, 1.82) is 0 Å². The van der Waals surface area contributed by atoms with Gasteiger partial charge in [0.1, 0.15) is 11.6 Å². The average molecular weight is 332 g/mol. The summed E-state index contributed by atoms with van der Waals surface area (Å²) < 4.78 is 13.0. The second-order valence-electron chi connectivity index (χ2n) is 6.68. The molecule has 1 aliphatic heterocycles. The molecule has 2 aromatic rings. The second-order valence-corrected chi connectivity index (χ2v) is 6.68. The van der Waals surface area contributed by atoms with E-state index in [4.69, 9.17) is 14.3 Å². The summed E-state index contributed by atoms with van der Waals surface area (Å²) in [6.45, 7) is 10.7. The van der Waals surface area contributed by atoms with Crippen molar-refractivity contribution < 1.29 is 9.15 Å². The molecule has 1 N–H and O–H groups in total. The molecule has 3 rings (SSSR count).